The van der Waals surface area contributed by atoms with Crippen molar-refractivity contribution < 1.29 is 0 Å². The van der Waals surface area contributed by atoms with Crippen LogP contribution in [0.5, 0.6) is 0 Å². The molecule has 0 atom stereocenters. The summed E-state index contributed by atoms with van der Waals surface area (Å²) in [5.74, 6) is 0. The van der Waals surface area contributed by atoms with Crippen LogP contribution in [-0.4, -0.2) is 15.0 Å². The van der Waals surface area contributed by atoms with Crippen molar-refractivity contribution in [2.24, 2.45) is 0 Å². The zero-order valence-corrected chi connectivity index (χ0v) is 7.69. The molecule has 0 bridgehead atoms. The van der Waals surface area contributed by atoms with Gasteiger partial charge in [-0.1, -0.05) is 6.07 Å². The Hall–Kier alpha value is -1.97. The fourth-order valence-corrected chi connectivity index (χ4v) is 1.19. The predicted molar refractivity (Wildman–Crippen MR) is 52.8 cm³/mol. The first-order valence-corrected chi connectivity index (χ1v) is 4.24. The molecule has 0 saturated carbocycles. The number of pyridine rings is 1. The van der Waals surface area contributed by atoms with Crippen LogP contribution in [0.1, 0.15) is 5.69 Å². The summed E-state index contributed by atoms with van der Waals surface area (Å²) in [5.41, 5.74) is 2.22. The third-order valence-electron chi connectivity index (χ3n) is 1.86. The van der Waals surface area contributed by atoms with Crippen LogP contribution in [0.4, 0.5) is 0 Å². The summed E-state index contributed by atoms with van der Waals surface area (Å²) in [7, 11) is 0. The Kier molecular flexibility index (Phi) is 2.10. The molecule has 0 fully saturated rings. The van der Waals surface area contributed by atoms with E-state index in [-0.39, 0.29) is 5.69 Å². The number of aromatic nitrogens is 3. The second kappa shape index (κ2) is 3.41. The Morgan fingerprint density at radius 2 is 2.21 bits per heavy atom. The van der Waals surface area contributed by atoms with Crippen molar-refractivity contribution in [2.75, 3.05) is 0 Å². The number of hydrogen-bond donors (Lipinski definition) is 1. The quantitative estimate of drug-likeness (QED) is 0.728. The number of nitrogens with zero attached hydrogens (tertiary/aromatic N) is 2. The van der Waals surface area contributed by atoms with E-state index in [2.05, 4.69) is 15.0 Å². The predicted octanol–water partition coefficient (Wildman–Crippen LogP) is 1.14. The molecule has 0 aliphatic heterocycles. The molecule has 0 amide bonds. The molecule has 0 saturated heterocycles. The monoisotopic (exact) mass is 187 g/mol. The first-order chi connectivity index (χ1) is 6.75. The minimum Gasteiger partial charge on any atom is -0.312 e. The van der Waals surface area contributed by atoms with Gasteiger partial charge in [-0.15, -0.1) is 0 Å². The van der Waals surface area contributed by atoms with Gasteiger partial charge >= 0.3 is 5.69 Å². The molecule has 0 spiro atoms. The number of H-pyrrole nitrogens is 1. The van der Waals surface area contributed by atoms with Crippen LogP contribution >= 0.6 is 0 Å². The zero-order chi connectivity index (χ0) is 9.97. The molecule has 2 heterocycles. The Bertz CT molecular complexity index is 484. The van der Waals surface area contributed by atoms with E-state index >= 15 is 0 Å². The summed E-state index contributed by atoms with van der Waals surface area (Å²) < 4.78 is 0. The highest BCUT2D eigenvalue weighted by Crippen LogP contribution is 2.13. The van der Waals surface area contributed by atoms with Gasteiger partial charge in [-0.3, -0.25) is 4.98 Å². The van der Waals surface area contributed by atoms with Gasteiger partial charge < -0.3 is 4.98 Å². The summed E-state index contributed by atoms with van der Waals surface area (Å²) in [5, 5.41) is 0. The van der Waals surface area contributed by atoms with E-state index in [0.717, 1.165) is 17.0 Å². The summed E-state index contributed by atoms with van der Waals surface area (Å²) in [6.07, 6.45) is 3.12. The summed E-state index contributed by atoms with van der Waals surface area (Å²) in [4.78, 5) is 21.2. The number of rotatable bonds is 1. The maximum atomic E-state index is 10.7. The summed E-state index contributed by atoms with van der Waals surface area (Å²) in [6.45, 7) is 1.92. The third kappa shape index (κ3) is 1.69. The Morgan fingerprint density at radius 3 is 2.86 bits per heavy atom. The highest BCUT2D eigenvalue weighted by atomic mass is 16.1. The topological polar surface area (TPSA) is 58.6 Å². The van der Waals surface area contributed by atoms with Crippen molar-refractivity contribution >= 4 is 0 Å². The molecule has 2 aromatic heterocycles. The molecular weight excluding hydrogens is 178 g/mol. The molecular formula is C10H9N3O. The average Bonchev–Trinajstić information content (AvgIpc) is 2.19. The second-order valence-corrected chi connectivity index (χ2v) is 2.97. The molecule has 0 aliphatic carbocycles. The van der Waals surface area contributed by atoms with Crippen molar-refractivity contribution in [1.29, 1.82) is 0 Å². The van der Waals surface area contributed by atoms with E-state index in [0.29, 0.717) is 0 Å². The van der Waals surface area contributed by atoms with Crippen molar-refractivity contribution in [2.45, 2.75) is 6.92 Å². The molecule has 0 aliphatic rings. The lowest BCUT2D eigenvalue weighted by molar-refractivity contribution is 1.07. The standard InChI is InChI=1S/C10H9N3O/c1-7-3-2-4-9(13-7)8-5-11-10(14)12-6-8/h2-6H,1H3,(H,11,12,14). The van der Waals surface area contributed by atoms with Crippen LogP contribution in [-0.2, 0) is 0 Å². The van der Waals surface area contributed by atoms with Gasteiger partial charge in [0.2, 0.25) is 0 Å². The first kappa shape index (κ1) is 8.62. The normalized spacial score (nSPS) is 10.1. The maximum absolute atomic E-state index is 10.7. The molecule has 70 valence electrons. The highest BCUT2D eigenvalue weighted by molar-refractivity contribution is 5.56. The fourth-order valence-electron chi connectivity index (χ4n) is 1.19. The number of aryl methyl sites for hydroxylation is 1. The zero-order valence-electron chi connectivity index (χ0n) is 7.69. The molecule has 4 nitrogen and oxygen atoms in total. The second-order valence-electron chi connectivity index (χ2n) is 2.97. The van der Waals surface area contributed by atoms with Crippen molar-refractivity contribution in [3.8, 4) is 11.3 Å². The van der Waals surface area contributed by atoms with Gasteiger partial charge in [0.05, 0.1) is 5.69 Å². The van der Waals surface area contributed by atoms with E-state index in [9.17, 15) is 4.79 Å². The molecule has 1 N–H and O–H groups in total. The smallest absolute Gasteiger partial charge is 0.312 e. The van der Waals surface area contributed by atoms with E-state index in [1.165, 1.54) is 6.20 Å². The number of hydrogen-bond acceptors (Lipinski definition) is 3. The van der Waals surface area contributed by atoms with E-state index < -0.39 is 0 Å². The first-order valence-electron chi connectivity index (χ1n) is 4.24. The van der Waals surface area contributed by atoms with Gasteiger partial charge in [-0.25, -0.2) is 9.78 Å². The lowest BCUT2D eigenvalue weighted by Crippen LogP contribution is -2.08. The highest BCUT2D eigenvalue weighted by Gasteiger charge is 1.98. The van der Waals surface area contributed by atoms with E-state index in [1.54, 1.807) is 6.20 Å². The minimum atomic E-state index is -0.346. The maximum Gasteiger partial charge on any atom is 0.344 e. The Balaban J connectivity index is 2.49. The van der Waals surface area contributed by atoms with Gasteiger partial charge in [0, 0.05) is 23.7 Å². The van der Waals surface area contributed by atoms with Crippen LogP contribution in [0.15, 0.2) is 35.4 Å². The van der Waals surface area contributed by atoms with E-state index in [4.69, 9.17) is 0 Å². The van der Waals surface area contributed by atoms with Crippen LogP contribution in [0.25, 0.3) is 11.3 Å². The SMILES string of the molecule is Cc1cccc(-c2cnc(=O)[nH]c2)n1. The van der Waals surface area contributed by atoms with Gasteiger partial charge in [0.1, 0.15) is 0 Å². The van der Waals surface area contributed by atoms with E-state index in [1.807, 2.05) is 25.1 Å². The van der Waals surface area contributed by atoms with Crippen molar-refractivity contribution in [1.82, 2.24) is 15.0 Å². The number of nitrogens with one attached hydrogen (secondary N) is 1. The lowest BCUT2D eigenvalue weighted by atomic mass is 10.2. The van der Waals surface area contributed by atoms with Gasteiger partial charge in [0.15, 0.2) is 0 Å². The average molecular weight is 187 g/mol. The van der Waals surface area contributed by atoms with Crippen LogP contribution in [0.3, 0.4) is 0 Å². The Labute approximate surface area is 80.7 Å². The largest absolute Gasteiger partial charge is 0.344 e. The summed E-state index contributed by atoms with van der Waals surface area (Å²) in [6, 6.07) is 5.72. The van der Waals surface area contributed by atoms with Gasteiger partial charge in [0.25, 0.3) is 0 Å². The fraction of sp³-hybridized carbons (Fsp3) is 0.100. The molecule has 0 aromatic carbocycles. The molecule has 2 aromatic rings. The van der Waals surface area contributed by atoms with Crippen LogP contribution < -0.4 is 5.69 Å². The molecule has 0 radical (unpaired) electrons. The van der Waals surface area contributed by atoms with Crippen LogP contribution in [0, 0.1) is 6.92 Å². The molecule has 2 rings (SSSR count). The minimum absolute atomic E-state index is 0.346. The molecule has 0 unspecified atom stereocenters. The van der Waals surface area contributed by atoms with Crippen LogP contribution in [0.2, 0.25) is 0 Å². The van der Waals surface area contributed by atoms with Gasteiger partial charge in [-0.05, 0) is 19.1 Å². The Morgan fingerprint density at radius 1 is 1.36 bits per heavy atom. The molecule has 4 heteroatoms. The third-order valence-corrected chi connectivity index (χ3v) is 1.86. The van der Waals surface area contributed by atoms with Crippen molar-refractivity contribution in [3.05, 3.63) is 46.8 Å². The summed E-state index contributed by atoms with van der Waals surface area (Å²) >= 11 is 0. The lowest BCUT2D eigenvalue weighted by Gasteiger charge is -1.99. The number of aromatic amines is 1. The van der Waals surface area contributed by atoms with Crippen molar-refractivity contribution in [3.63, 3.8) is 0 Å². The van der Waals surface area contributed by atoms with Gasteiger partial charge in [-0.2, -0.15) is 0 Å². The molecule has 14 heavy (non-hydrogen) atoms.